The third-order valence-electron chi connectivity index (χ3n) is 3.08. The van der Waals surface area contributed by atoms with Gasteiger partial charge in [0.2, 0.25) is 5.91 Å². The Morgan fingerprint density at radius 3 is 2.35 bits per heavy atom. The molecule has 0 N–H and O–H groups in total. The van der Waals surface area contributed by atoms with Crippen LogP contribution >= 0.6 is 0 Å². The number of hydrogen-bond donors (Lipinski definition) is 0. The third-order valence-corrected chi connectivity index (χ3v) is 3.08. The van der Waals surface area contributed by atoms with E-state index in [0.29, 0.717) is 19.8 Å². The molecule has 0 atom stereocenters. The van der Waals surface area contributed by atoms with Crippen LogP contribution in [0.25, 0.3) is 0 Å². The van der Waals surface area contributed by atoms with E-state index in [4.69, 9.17) is 9.47 Å². The highest BCUT2D eigenvalue weighted by Crippen LogP contribution is 2.18. The van der Waals surface area contributed by atoms with Gasteiger partial charge in [0.15, 0.2) is 0 Å². The third kappa shape index (κ3) is 6.64. The molecule has 4 heteroatoms. The van der Waals surface area contributed by atoms with Crippen molar-refractivity contribution >= 4 is 5.91 Å². The molecule has 0 radical (unpaired) electrons. The maximum absolute atomic E-state index is 11.6. The van der Waals surface area contributed by atoms with Crippen molar-refractivity contribution in [3.05, 3.63) is 0 Å². The summed E-state index contributed by atoms with van der Waals surface area (Å²) in [7, 11) is 1.66. The van der Waals surface area contributed by atoms with Gasteiger partial charge in [0.05, 0.1) is 13.2 Å². The van der Waals surface area contributed by atoms with Crippen LogP contribution in [-0.4, -0.2) is 49.8 Å². The first kappa shape index (κ1) is 16.4. The van der Waals surface area contributed by atoms with Gasteiger partial charge in [-0.2, -0.15) is 0 Å². The number of methoxy groups -OCH3 is 1. The fourth-order valence-electron chi connectivity index (χ4n) is 1.65. The summed E-state index contributed by atoms with van der Waals surface area (Å²) in [6.07, 6.45) is 1.82. The van der Waals surface area contributed by atoms with Crippen LogP contribution in [0.5, 0.6) is 0 Å². The lowest BCUT2D eigenvalue weighted by molar-refractivity contribution is -0.134. The molecule has 0 aromatic heterocycles. The summed E-state index contributed by atoms with van der Waals surface area (Å²) < 4.78 is 10.3. The van der Waals surface area contributed by atoms with Gasteiger partial charge in [-0.05, 0) is 26.7 Å². The van der Waals surface area contributed by atoms with Gasteiger partial charge in [-0.3, -0.25) is 4.79 Å². The molecule has 1 amide bonds. The summed E-state index contributed by atoms with van der Waals surface area (Å²) in [4.78, 5) is 13.5. The Morgan fingerprint density at radius 1 is 1.24 bits per heavy atom. The Morgan fingerprint density at radius 2 is 1.88 bits per heavy atom. The van der Waals surface area contributed by atoms with Gasteiger partial charge in [0, 0.05) is 32.7 Å². The minimum absolute atomic E-state index is 0.0711. The van der Waals surface area contributed by atoms with Crippen molar-refractivity contribution in [2.75, 3.05) is 33.5 Å². The first-order chi connectivity index (χ1) is 7.95. The zero-order valence-electron chi connectivity index (χ0n) is 11.9. The average molecular weight is 245 g/mol. The molecule has 0 rings (SSSR count). The molecule has 0 spiro atoms. The first-order valence-corrected chi connectivity index (χ1v) is 6.30. The standard InChI is InChI=1S/C13H27NO3/c1-6-13(3,4)14(12(2)15)8-7-9-17-11-10-16-5/h6-11H2,1-5H3. The maximum atomic E-state index is 11.6. The number of hydrogen-bond acceptors (Lipinski definition) is 3. The molecule has 0 aliphatic carbocycles. The zero-order valence-corrected chi connectivity index (χ0v) is 11.9. The van der Waals surface area contributed by atoms with Crippen LogP contribution in [0.3, 0.4) is 0 Å². The monoisotopic (exact) mass is 245 g/mol. The molecule has 0 aliphatic rings. The SMILES string of the molecule is CCC(C)(C)N(CCCOCCOC)C(C)=O. The van der Waals surface area contributed by atoms with Crippen molar-refractivity contribution in [1.29, 1.82) is 0 Å². The van der Waals surface area contributed by atoms with Gasteiger partial charge >= 0.3 is 0 Å². The highest BCUT2D eigenvalue weighted by Gasteiger charge is 2.26. The van der Waals surface area contributed by atoms with Crippen LogP contribution in [-0.2, 0) is 14.3 Å². The van der Waals surface area contributed by atoms with Gasteiger partial charge in [-0.1, -0.05) is 6.92 Å². The number of carbonyl (C=O) groups is 1. The topological polar surface area (TPSA) is 38.8 Å². The van der Waals surface area contributed by atoms with Crippen LogP contribution in [0.2, 0.25) is 0 Å². The van der Waals surface area contributed by atoms with Crippen LogP contribution in [0.1, 0.15) is 40.5 Å². The smallest absolute Gasteiger partial charge is 0.219 e. The molecule has 4 nitrogen and oxygen atoms in total. The van der Waals surface area contributed by atoms with E-state index in [1.54, 1.807) is 14.0 Å². The van der Waals surface area contributed by atoms with E-state index in [9.17, 15) is 4.79 Å². The predicted molar refractivity (Wildman–Crippen MR) is 69.1 cm³/mol. The summed E-state index contributed by atoms with van der Waals surface area (Å²) in [5.74, 6) is 0.133. The van der Waals surface area contributed by atoms with Crippen molar-refractivity contribution in [2.24, 2.45) is 0 Å². The fraction of sp³-hybridized carbons (Fsp3) is 0.923. The summed E-state index contributed by atoms with van der Waals surface area (Å²) in [6.45, 7) is 10.6. The molecular weight excluding hydrogens is 218 g/mol. The molecule has 0 aliphatic heterocycles. The van der Waals surface area contributed by atoms with E-state index in [2.05, 4.69) is 20.8 Å². The van der Waals surface area contributed by atoms with Gasteiger partial charge in [0.25, 0.3) is 0 Å². The predicted octanol–water partition coefficient (Wildman–Crippen LogP) is 2.08. The normalized spacial score (nSPS) is 11.6. The lowest BCUT2D eigenvalue weighted by Crippen LogP contribution is -2.47. The van der Waals surface area contributed by atoms with E-state index in [1.165, 1.54) is 0 Å². The molecule has 0 fully saturated rings. The number of ether oxygens (including phenoxy) is 2. The lowest BCUT2D eigenvalue weighted by Gasteiger charge is -2.37. The second kappa shape index (κ2) is 8.48. The summed E-state index contributed by atoms with van der Waals surface area (Å²) in [5.41, 5.74) is -0.0711. The molecule has 0 aromatic carbocycles. The Hall–Kier alpha value is -0.610. The summed E-state index contributed by atoms with van der Waals surface area (Å²) >= 11 is 0. The Balaban J connectivity index is 3.91. The number of carbonyl (C=O) groups excluding carboxylic acids is 1. The summed E-state index contributed by atoms with van der Waals surface area (Å²) in [5, 5.41) is 0. The first-order valence-electron chi connectivity index (χ1n) is 6.30. The van der Waals surface area contributed by atoms with Crippen molar-refractivity contribution in [3.63, 3.8) is 0 Å². The molecule has 0 aromatic rings. The van der Waals surface area contributed by atoms with Crippen molar-refractivity contribution in [2.45, 2.75) is 46.1 Å². The van der Waals surface area contributed by atoms with Crippen molar-refractivity contribution in [3.8, 4) is 0 Å². The highest BCUT2D eigenvalue weighted by molar-refractivity contribution is 5.74. The molecule has 0 saturated heterocycles. The zero-order chi connectivity index (χ0) is 13.3. The van der Waals surface area contributed by atoms with Crippen LogP contribution in [0, 0.1) is 0 Å². The lowest BCUT2D eigenvalue weighted by atomic mass is 9.99. The van der Waals surface area contributed by atoms with Crippen LogP contribution in [0.15, 0.2) is 0 Å². The number of rotatable bonds is 9. The largest absolute Gasteiger partial charge is 0.382 e. The Bertz CT molecular complexity index is 217. The quantitative estimate of drug-likeness (QED) is 0.584. The summed E-state index contributed by atoms with van der Waals surface area (Å²) in [6, 6.07) is 0. The molecule has 17 heavy (non-hydrogen) atoms. The van der Waals surface area contributed by atoms with Gasteiger partial charge < -0.3 is 14.4 Å². The van der Waals surface area contributed by atoms with E-state index in [-0.39, 0.29) is 11.4 Å². The molecular formula is C13H27NO3. The minimum Gasteiger partial charge on any atom is -0.382 e. The molecule has 102 valence electrons. The van der Waals surface area contributed by atoms with Crippen LogP contribution in [0.4, 0.5) is 0 Å². The molecule has 0 saturated carbocycles. The van der Waals surface area contributed by atoms with E-state index >= 15 is 0 Å². The number of nitrogens with zero attached hydrogens (tertiary/aromatic N) is 1. The second-order valence-electron chi connectivity index (χ2n) is 4.80. The van der Waals surface area contributed by atoms with Crippen molar-refractivity contribution < 1.29 is 14.3 Å². The fourth-order valence-corrected chi connectivity index (χ4v) is 1.65. The Labute approximate surface area is 105 Å². The Kier molecular flexibility index (Phi) is 8.17. The van der Waals surface area contributed by atoms with Gasteiger partial charge in [0.1, 0.15) is 0 Å². The van der Waals surface area contributed by atoms with Gasteiger partial charge in [-0.25, -0.2) is 0 Å². The molecule has 0 unspecified atom stereocenters. The van der Waals surface area contributed by atoms with Crippen LogP contribution < -0.4 is 0 Å². The van der Waals surface area contributed by atoms with Gasteiger partial charge in [-0.15, -0.1) is 0 Å². The van der Waals surface area contributed by atoms with Crippen molar-refractivity contribution in [1.82, 2.24) is 4.90 Å². The minimum atomic E-state index is -0.0711. The maximum Gasteiger partial charge on any atom is 0.219 e. The van der Waals surface area contributed by atoms with E-state index in [0.717, 1.165) is 19.4 Å². The molecule has 0 bridgehead atoms. The highest BCUT2D eigenvalue weighted by atomic mass is 16.5. The second-order valence-corrected chi connectivity index (χ2v) is 4.80. The number of amides is 1. The van der Waals surface area contributed by atoms with E-state index < -0.39 is 0 Å². The average Bonchev–Trinajstić information content (AvgIpc) is 2.27. The molecule has 0 heterocycles. The van der Waals surface area contributed by atoms with E-state index in [1.807, 2.05) is 4.90 Å².